The predicted molar refractivity (Wildman–Crippen MR) is 73.3 cm³/mol. The summed E-state index contributed by atoms with van der Waals surface area (Å²) in [4.78, 5) is 0. The van der Waals surface area contributed by atoms with Crippen LogP contribution in [0.25, 0.3) is 0 Å². The molecular weight excluding hydrogens is 335 g/mol. The number of ether oxygens (including phenoxy) is 1. The second-order valence-corrected chi connectivity index (χ2v) is 5.01. The summed E-state index contributed by atoms with van der Waals surface area (Å²) in [6, 6.07) is 6.09. The molecule has 6 heteroatoms. The van der Waals surface area contributed by atoms with Gasteiger partial charge in [0.25, 0.3) is 0 Å². The zero-order valence-corrected chi connectivity index (χ0v) is 11.9. The lowest BCUT2D eigenvalue weighted by atomic mass is 10.1. The fraction of sp³-hybridized carbons (Fsp3) is 0.143. The van der Waals surface area contributed by atoms with Crippen molar-refractivity contribution in [3.05, 3.63) is 57.8 Å². The van der Waals surface area contributed by atoms with E-state index in [1.54, 1.807) is 0 Å². The number of nitrogens with two attached hydrogens (primary N) is 1. The summed E-state index contributed by atoms with van der Waals surface area (Å²) in [5, 5.41) is 0. The van der Waals surface area contributed by atoms with Crippen molar-refractivity contribution < 1.29 is 17.9 Å². The van der Waals surface area contributed by atoms with Crippen LogP contribution in [0, 0.1) is 17.5 Å². The lowest BCUT2D eigenvalue weighted by Crippen LogP contribution is -2.05. The maximum absolute atomic E-state index is 13.6. The standard InChI is InChI=1S/C14H11BrF3NO/c15-9-6-11(17)14(18)13(7-9)20-12-2-1-10(16)5-8(12)3-4-19/h1-2,5-7H,3-4,19H2. The molecule has 0 aliphatic carbocycles. The third kappa shape index (κ3) is 3.32. The molecule has 0 saturated heterocycles. The van der Waals surface area contributed by atoms with Crippen LogP contribution in [0.1, 0.15) is 5.56 Å². The summed E-state index contributed by atoms with van der Waals surface area (Å²) in [6.07, 6.45) is 0.366. The first-order valence-electron chi connectivity index (χ1n) is 5.82. The number of halogens is 4. The predicted octanol–water partition coefficient (Wildman–Crippen LogP) is 4.16. The number of rotatable bonds is 4. The van der Waals surface area contributed by atoms with Gasteiger partial charge in [0.05, 0.1) is 0 Å². The van der Waals surface area contributed by atoms with Crippen molar-refractivity contribution >= 4 is 15.9 Å². The normalized spacial score (nSPS) is 10.7. The largest absolute Gasteiger partial charge is 0.454 e. The van der Waals surface area contributed by atoms with Crippen LogP contribution in [0.3, 0.4) is 0 Å². The van der Waals surface area contributed by atoms with E-state index in [9.17, 15) is 13.2 Å². The lowest BCUT2D eigenvalue weighted by Gasteiger charge is -2.12. The van der Waals surface area contributed by atoms with Crippen LogP contribution in [0.2, 0.25) is 0 Å². The van der Waals surface area contributed by atoms with E-state index in [2.05, 4.69) is 15.9 Å². The van der Waals surface area contributed by atoms with Crippen LogP contribution in [0.5, 0.6) is 11.5 Å². The van der Waals surface area contributed by atoms with Gasteiger partial charge < -0.3 is 10.5 Å². The molecule has 106 valence electrons. The van der Waals surface area contributed by atoms with Crippen molar-refractivity contribution in [2.75, 3.05) is 6.54 Å². The van der Waals surface area contributed by atoms with Gasteiger partial charge in [0.15, 0.2) is 11.6 Å². The maximum Gasteiger partial charge on any atom is 0.201 e. The average molecular weight is 346 g/mol. The Kier molecular flexibility index (Phi) is 4.67. The molecule has 0 bridgehead atoms. The Morgan fingerprint density at radius 3 is 2.50 bits per heavy atom. The third-order valence-electron chi connectivity index (χ3n) is 2.62. The van der Waals surface area contributed by atoms with Crippen LogP contribution in [-0.2, 0) is 6.42 Å². The molecule has 2 aromatic carbocycles. The fourth-order valence-electron chi connectivity index (χ4n) is 1.72. The van der Waals surface area contributed by atoms with Gasteiger partial charge in [-0.3, -0.25) is 0 Å². The minimum absolute atomic E-state index is 0.244. The molecule has 2 nitrogen and oxygen atoms in total. The number of hydrogen-bond donors (Lipinski definition) is 1. The molecule has 0 aliphatic rings. The summed E-state index contributed by atoms with van der Waals surface area (Å²) < 4.78 is 45.8. The summed E-state index contributed by atoms with van der Waals surface area (Å²) >= 11 is 3.05. The highest BCUT2D eigenvalue weighted by molar-refractivity contribution is 9.10. The zero-order valence-electron chi connectivity index (χ0n) is 10.3. The Morgan fingerprint density at radius 2 is 1.80 bits per heavy atom. The van der Waals surface area contributed by atoms with E-state index in [1.807, 2.05) is 0 Å². The molecule has 0 radical (unpaired) electrons. The van der Waals surface area contributed by atoms with Gasteiger partial charge in [-0.2, -0.15) is 4.39 Å². The minimum atomic E-state index is -1.10. The van der Waals surface area contributed by atoms with Gasteiger partial charge in [-0.05, 0) is 48.9 Å². The molecule has 0 amide bonds. The number of benzene rings is 2. The van der Waals surface area contributed by atoms with Crippen molar-refractivity contribution in [3.63, 3.8) is 0 Å². The van der Waals surface area contributed by atoms with Crippen molar-refractivity contribution in [3.8, 4) is 11.5 Å². The van der Waals surface area contributed by atoms with Crippen LogP contribution in [-0.4, -0.2) is 6.54 Å². The molecule has 0 unspecified atom stereocenters. The van der Waals surface area contributed by atoms with Crippen LogP contribution in [0.15, 0.2) is 34.8 Å². The molecule has 0 atom stereocenters. The number of hydrogen-bond acceptors (Lipinski definition) is 2. The summed E-state index contributed by atoms with van der Waals surface area (Å²) in [7, 11) is 0. The molecule has 0 fully saturated rings. The Balaban J connectivity index is 2.39. The maximum atomic E-state index is 13.6. The molecule has 2 aromatic rings. The first-order chi connectivity index (χ1) is 9.51. The summed E-state index contributed by atoms with van der Waals surface area (Å²) in [5.41, 5.74) is 5.92. The molecule has 2 N–H and O–H groups in total. The van der Waals surface area contributed by atoms with Gasteiger partial charge in [-0.1, -0.05) is 15.9 Å². The second kappa shape index (κ2) is 6.28. The first-order valence-corrected chi connectivity index (χ1v) is 6.61. The monoisotopic (exact) mass is 345 g/mol. The molecular formula is C14H11BrF3NO. The molecule has 0 aliphatic heterocycles. The molecule has 0 spiro atoms. The van der Waals surface area contributed by atoms with Crippen LogP contribution >= 0.6 is 15.9 Å². The van der Waals surface area contributed by atoms with E-state index >= 15 is 0 Å². The Labute approximate surface area is 122 Å². The van der Waals surface area contributed by atoms with Crippen molar-refractivity contribution in [1.29, 1.82) is 0 Å². The van der Waals surface area contributed by atoms with E-state index in [4.69, 9.17) is 10.5 Å². The Bertz CT molecular complexity index is 634. The summed E-state index contributed by atoms with van der Waals surface area (Å²) in [5.74, 6) is -2.61. The Morgan fingerprint density at radius 1 is 1.05 bits per heavy atom. The zero-order chi connectivity index (χ0) is 14.7. The second-order valence-electron chi connectivity index (χ2n) is 4.09. The van der Waals surface area contributed by atoms with E-state index in [0.29, 0.717) is 16.5 Å². The van der Waals surface area contributed by atoms with E-state index < -0.39 is 17.5 Å². The highest BCUT2D eigenvalue weighted by atomic mass is 79.9. The van der Waals surface area contributed by atoms with Crippen molar-refractivity contribution in [2.45, 2.75) is 6.42 Å². The van der Waals surface area contributed by atoms with Crippen molar-refractivity contribution in [1.82, 2.24) is 0 Å². The van der Waals surface area contributed by atoms with Gasteiger partial charge >= 0.3 is 0 Å². The topological polar surface area (TPSA) is 35.2 Å². The van der Waals surface area contributed by atoms with Gasteiger partial charge in [-0.15, -0.1) is 0 Å². The minimum Gasteiger partial charge on any atom is -0.454 e. The SMILES string of the molecule is NCCc1cc(F)ccc1Oc1cc(Br)cc(F)c1F. The first kappa shape index (κ1) is 14.9. The third-order valence-corrected chi connectivity index (χ3v) is 3.07. The van der Waals surface area contributed by atoms with E-state index in [0.717, 1.165) is 6.07 Å². The van der Waals surface area contributed by atoms with Gasteiger partial charge in [0.2, 0.25) is 5.82 Å². The van der Waals surface area contributed by atoms with Crippen molar-refractivity contribution in [2.24, 2.45) is 5.73 Å². The summed E-state index contributed by atoms with van der Waals surface area (Å²) in [6.45, 7) is 0.287. The van der Waals surface area contributed by atoms with Crippen LogP contribution < -0.4 is 10.5 Å². The van der Waals surface area contributed by atoms with Gasteiger partial charge in [0, 0.05) is 4.47 Å². The highest BCUT2D eigenvalue weighted by Gasteiger charge is 2.14. The molecule has 2 rings (SSSR count). The molecule has 0 heterocycles. The van der Waals surface area contributed by atoms with Gasteiger partial charge in [-0.25, -0.2) is 8.78 Å². The lowest BCUT2D eigenvalue weighted by molar-refractivity contribution is 0.411. The Hall–Kier alpha value is -1.53. The highest BCUT2D eigenvalue weighted by Crippen LogP contribution is 2.31. The van der Waals surface area contributed by atoms with Gasteiger partial charge in [0.1, 0.15) is 11.6 Å². The molecule has 0 aromatic heterocycles. The quantitative estimate of drug-likeness (QED) is 0.844. The molecule has 20 heavy (non-hydrogen) atoms. The fourth-order valence-corrected chi connectivity index (χ4v) is 2.13. The van der Waals surface area contributed by atoms with Crippen LogP contribution in [0.4, 0.5) is 13.2 Å². The van der Waals surface area contributed by atoms with E-state index in [1.165, 1.54) is 24.3 Å². The molecule has 0 saturated carbocycles. The smallest absolute Gasteiger partial charge is 0.201 e. The average Bonchev–Trinajstić information content (AvgIpc) is 2.38. The van der Waals surface area contributed by atoms with E-state index in [-0.39, 0.29) is 18.0 Å².